The summed E-state index contributed by atoms with van der Waals surface area (Å²) >= 11 is 0. The van der Waals surface area contributed by atoms with Crippen molar-refractivity contribution in [1.29, 1.82) is 0 Å². The van der Waals surface area contributed by atoms with Gasteiger partial charge in [-0.2, -0.15) is 0 Å². The van der Waals surface area contributed by atoms with Crippen LogP contribution in [0.1, 0.15) is 259 Å². The van der Waals surface area contributed by atoms with E-state index in [0.29, 0.717) is 13.2 Å². The van der Waals surface area contributed by atoms with Crippen molar-refractivity contribution in [2.24, 2.45) is 17.3 Å². The molecule has 7 nitrogen and oxygen atoms in total. The van der Waals surface area contributed by atoms with Gasteiger partial charge < -0.3 is 23.8 Å². The molecule has 0 bridgehead atoms. The summed E-state index contributed by atoms with van der Waals surface area (Å²) in [6.07, 6.45) is 42.8. The fourth-order valence-corrected chi connectivity index (χ4v) is 9.30. The van der Waals surface area contributed by atoms with Gasteiger partial charge in [0.1, 0.15) is 13.2 Å². The predicted octanol–water partition coefficient (Wildman–Crippen LogP) is 15.1. The number of carbonyl (C=O) groups excluding carboxylic acids is 2. The number of piperidine rings is 1. The first-order chi connectivity index (χ1) is 29.3. The molecule has 354 valence electrons. The Labute approximate surface area is 372 Å². The number of rotatable bonds is 40. The van der Waals surface area contributed by atoms with Crippen LogP contribution in [0.4, 0.5) is 0 Å². The Morgan fingerprint density at radius 1 is 0.450 bits per heavy atom. The number of nitrogens with zero attached hydrogens (tertiary/aromatic N) is 1. The van der Waals surface area contributed by atoms with Crippen LogP contribution in [0.2, 0.25) is 0 Å². The molecule has 60 heavy (non-hydrogen) atoms. The van der Waals surface area contributed by atoms with E-state index < -0.39 is 11.2 Å². The number of esters is 2. The van der Waals surface area contributed by atoms with Gasteiger partial charge in [-0.1, -0.05) is 220 Å². The maximum Gasteiger partial charge on any atom is 0.308 e. The summed E-state index contributed by atoms with van der Waals surface area (Å²) in [7, 11) is 2.14. The highest BCUT2D eigenvalue weighted by Gasteiger charge is 2.48. The van der Waals surface area contributed by atoms with Crippen molar-refractivity contribution in [2.75, 3.05) is 46.6 Å². The number of hydrogen-bond donors (Lipinski definition) is 0. The predicted molar refractivity (Wildman–Crippen MR) is 252 cm³/mol. The van der Waals surface area contributed by atoms with Crippen molar-refractivity contribution >= 4 is 11.9 Å². The minimum absolute atomic E-state index is 0.0796. The summed E-state index contributed by atoms with van der Waals surface area (Å²) in [6, 6.07) is 0. The summed E-state index contributed by atoms with van der Waals surface area (Å²) in [5, 5.41) is 0. The van der Waals surface area contributed by atoms with Crippen LogP contribution < -0.4 is 0 Å². The SMILES string of the molecule is CCCCCCCCCCCC(CCCCCCCC)C(=O)OCC1(COC(=O)C(CCCCCCCC)CCCCCCCCCCC)COC2(CCN(C)CC2)OC1. The van der Waals surface area contributed by atoms with E-state index in [9.17, 15) is 9.59 Å². The lowest BCUT2D eigenvalue weighted by molar-refractivity contribution is -0.325. The normalized spacial score (nSPS) is 17.5. The zero-order chi connectivity index (χ0) is 43.4. The van der Waals surface area contributed by atoms with Gasteiger partial charge in [0.2, 0.25) is 0 Å². The molecule has 0 radical (unpaired) electrons. The highest BCUT2D eigenvalue weighted by atomic mass is 16.7. The fraction of sp³-hybridized carbons (Fsp3) is 0.962. The number of likely N-dealkylation sites (tertiary alicyclic amines) is 1. The van der Waals surface area contributed by atoms with Crippen LogP contribution in [0.25, 0.3) is 0 Å². The zero-order valence-corrected chi connectivity index (χ0v) is 40.7. The van der Waals surface area contributed by atoms with Gasteiger partial charge in [0.05, 0.1) is 30.5 Å². The van der Waals surface area contributed by atoms with Gasteiger partial charge in [0, 0.05) is 25.9 Å². The first kappa shape index (κ1) is 55.0. The molecule has 2 atom stereocenters. The highest BCUT2D eigenvalue weighted by molar-refractivity contribution is 5.73. The topological polar surface area (TPSA) is 74.3 Å². The lowest BCUT2D eigenvalue weighted by Gasteiger charge is -2.48. The van der Waals surface area contributed by atoms with Crippen molar-refractivity contribution in [3.05, 3.63) is 0 Å². The van der Waals surface area contributed by atoms with Crippen molar-refractivity contribution in [1.82, 2.24) is 4.90 Å². The van der Waals surface area contributed by atoms with Crippen LogP contribution in [0, 0.1) is 17.3 Å². The molecule has 2 aliphatic heterocycles. The average molecular weight is 848 g/mol. The minimum atomic E-state index is -0.703. The highest BCUT2D eigenvalue weighted by Crippen LogP contribution is 2.38. The first-order valence-electron chi connectivity index (χ1n) is 26.6. The van der Waals surface area contributed by atoms with E-state index in [4.69, 9.17) is 18.9 Å². The molecule has 0 aromatic rings. The molecule has 7 heteroatoms. The van der Waals surface area contributed by atoms with Gasteiger partial charge in [-0.15, -0.1) is 0 Å². The Kier molecular flexibility index (Phi) is 33.1. The van der Waals surface area contributed by atoms with Gasteiger partial charge in [-0.25, -0.2) is 0 Å². The van der Waals surface area contributed by atoms with Crippen molar-refractivity contribution in [2.45, 2.75) is 265 Å². The Morgan fingerprint density at radius 2 is 0.717 bits per heavy atom. The maximum absolute atomic E-state index is 14.0. The molecule has 0 aromatic heterocycles. The van der Waals surface area contributed by atoms with E-state index in [1.807, 2.05) is 0 Å². The molecule has 0 aliphatic carbocycles. The van der Waals surface area contributed by atoms with Crippen LogP contribution in [-0.4, -0.2) is 69.2 Å². The van der Waals surface area contributed by atoms with Crippen LogP contribution in [0.15, 0.2) is 0 Å². The van der Waals surface area contributed by atoms with E-state index in [1.165, 1.54) is 167 Å². The van der Waals surface area contributed by atoms with Crippen LogP contribution in [0.5, 0.6) is 0 Å². The molecule has 2 unspecified atom stereocenters. The lowest BCUT2D eigenvalue weighted by atomic mass is 9.88. The molecule has 0 saturated carbocycles. The quantitative estimate of drug-likeness (QED) is 0.0449. The Balaban J connectivity index is 2.06. The third kappa shape index (κ3) is 25.8. The summed E-state index contributed by atoms with van der Waals surface area (Å²) in [5.74, 6) is -0.927. The molecule has 2 aliphatic rings. The molecular formula is C53H101NO6. The van der Waals surface area contributed by atoms with Gasteiger partial charge >= 0.3 is 11.9 Å². The number of unbranched alkanes of at least 4 members (excludes halogenated alkanes) is 26. The molecule has 0 aromatic carbocycles. The second kappa shape index (κ2) is 36.2. The fourth-order valence-electron chi connectivity index (χ4n) is 9.30. The van der Waals surface area contributed by atoms with Crippen molar-refractivity contribution in [3.8, 4) is 0 Å². The number of carbonyl (C=O) groups is 2. The van der Waals surface area contributed by atoms with E-state index in [2.05, 4.69) is 39.6 Å². The van der Waals surface area contributed by atoms with Gasteiger partial charge in [-0.05, 0) is 32.7 Å². The van der Waals surface area contributed by atoms with Gasteiger partial charge in [-0.3, -0.25) is 9.59 Å². The standard InChI is InChI=1S/C53H101NO6/c1-6-10-14-18-22-24-26-30-34-38-48(36-32-28-20-16-12-8-3)50(55)57-44-52(46-59-53(60-47-52)40-42-54(5)43-41-53)45-58-51(56)49(37-33-29-21-17-13-9-4)39-35-31-27-25-23-19-15-11-7-2/h48-49H,6-47H2,1-5H3. The van der Waals surface area contributed by atoms with Crippen molar-refractivity contribution in [3.63, 3.8) is 0 Å². The molecule has 2 heterocycles. The lowest BCUT2D eigenvalue weighted by Crippen LogP contribution is -2.57. The van der Waals surface area contributed by atoms with E-state index >= 15 is 0 Å². The second-order valence-corrected chi connectivity index (χ2v) is 19.7. The molecule has 0 amide bonds. The minimum Gasteiger partial charge on any atom is -0.465 e. The number of hydrogen-bond acceptors (Lipinski definition) is 7. The molecule has 2 saturated heterocycles. The van der Waals surface area contributed by atoms with E-state index in [-0.39, 0.29) is 37.0 Å². The molecule has 0 N–H and O–H groups in total. The summed E-state index contributed by atoms with van der Waals surface area (Å²) < 4.78 is 25.8. The summed E-state index contributed by atoms with van der Waals surface area (Å²) in [4.78, 5) is 30.3. The third-order valence-corrected chi connectivity index (χ3v) is 13.9. The van der Waals surface area contributed by atoms with Gasteiger partial charge in [0.25, 0.3) is 0 Å². The average Bonchev–Trinajstić information content (AvgIpc) is 3.26. The third-order valence-electron chi connectivity index (χ3n) is 13.9. The van der Waals surface area contributed by atoms with E-state index in [0.717, 1.165) is 77.3 Å². The van der Waals surface area contributed by atoms with Crippen LogP contribution in [0.3, 0.4) is 0 Å². The van der Waals surface area contributed by atoms with E-state index in [1.54, 1.807) is 0 Å². The monoisotopic (exact) mass is 848 g/mol. The first-order valence-corrected chi connectivity index (χ1v) is 26.6. The Bertz CT molecular complexity index is 941. The maximum atomic E-state index is 14.0. The molecule has 1 spiro atoms. The summed E-state index contributed by atoms with van der Waals surface area (Å²) in [6.45, 7) is 12.0. The largest absolute Gasteiger partial charge is 0.465 e. The van der Waals surface area contributed by atoms with Crippen molar-refractivity contribution < 1.29 is 28.5 Å². The summed E-state index contributed by atoms with van der Waals surface area (Å²) in [5.41, 5.74) is -0.703. The smallest absolute Gasteiger partial charge is 0.308 e. The number of ether oxygens (including phenoxy) is 4. The van der Waals surface area contributed by atoms with Crippen LogP contribution >= 0.6 is 0 Å². The molecule has 2 fully saturated rings. The molecule has 2 rings (SSSR count). The van der Waals surface area contributed by atoms with Gasteiger partial charge in [0.15, 0.2) is 5.79 Å². The Hall–Kier alpha value is -1.18. The zero-order valence-electron chi connectivity index (χ0n) is 40.7. The molecular weight excluding hydrogens is 747 g/mol. The van der Waals surface area contributed by atoms with Crippen LogP contribution in [-0.2, 0) is 28.5 Å². The Morgan fingerprint density at radius 3 is 1.00 bits per heavy atom. The second-order valence-electron chi connectivity index (χ2n) is 19.7.